The number of nitrogens with zero attached hydrogens (tertiary/aromatic N) is 1. The lowest BCUT2D eigenvalue weighted by Crippen LogP contribution is -2.23. The number of aromatic nitrogens is 2. The smallest absolute Gasteiger partial charge is 0.244 e. The van der Waals surface area contributed by atoms with E-state index >= 15 is 0 Å². The van der Waals surface area contributed by atoms with Gasteiger partial charge >= 0.3 is 0 Å². The summed E-state index contributed by atoms with van der Waals surface area (Å²) in [7, 11) is 0. The molecule has 0 spiro atoms. The molecule has 0 aliphatic rings. The van der Waals surface area contributed by atoms with Crippen LogP contribution >= 0.6 is 0 Å². The first-order valence-corrected chi connectivity index (χ1v) is 8.97. The van der Waals surface area contributed by atoms with E-state index in [2.05, 4.69) is 15.3 Å². The monoisotopic (exact) mass is 367 g/mol. The molecule has 1 aromatic heterocycles. The van der Waals surface area contributed by atoms with Crippen LogP contribution in [0.3, 0.4) is 0 Å². The molecule has 140 valence electrons. The number of carbonyl (C=O) groups is 1. The zero-order valence-corrected chi connectivity index (χ0v) is 15.2. The molecule has 3 rings (SSSR count). The quantitative estimate of drug-likeness (QED) is 0.594. The van der Waals surface area contributed by atoms with E-state index in [1.165, 1.54) is 18.2 Å². The molecule has 2 N–H and O–H groups in total. The Hall–Kier alpha value is -3.15. The van der Waals surface area contributed by atoms with Gasteiger partial charge in [-0.2, -0.15) is 0 Å². The first kappa shape index (κ1) is 18.6. The van der Waals surface area contributed by atoms with Gasteiger partial charge in [0.15, 0.2) is 0 Å². The molecule has 0 atom stereocenters. The Balaban J connectivity index is 1.52. The summed E-state index contributed by atoms with van der Waals surface area (Å²) >= 11 is 0. The molecular weight excluding hydrogens is 345 g/mol. The predicted molar refractivity (Wildman–Crippen MR) is 104 cm³/mol. The van der Waals surface area contributed by atoms with Gasteiger partial charge in [-0.3, -0.25) is 4.79 Å². The third-order valence-electron chi connectivity index (χ3n) is 3.95. The fraction of sp³-hybridized carbons (Fsp3) is 0.238. The number of aromatic amines is 1. The fourth-order valence-electron chi connectivity index (χ4n) is 2.64. The van der Waals surface area contributed by atoms with Gasteiger partial charge in [-0.25, -0.2) is 9.37 Å². The number of fused-ring (bicyclic) bond motifs is 1. The van der Waals surface area contributed by atoms with Crippen molar-refractivity contribution in [1.29, 1.82) is 0 Å². The van der Waals surface area contributed by atoms with Crippen LogP contribution in [0.4, 0.5) is 4.39 Å². The van der Waals surface area contributed by atoms with Crippen molar-refractivity contribution in [3.63, 3.8) is 0 Å². The Kier molecular flexibility index (Phi) is 6.20. The molecule has 0 aliphatic heterocycles. The molecule has 0 saturated heterocycles. The Morgan fingerprint density at radius 3 is 3.00 bits per heavy atom. The Labute approximate surface area is 157 Å². The van der Waals surface area contributed by atoms with Gasteiger partial charge in [-0.05, 0) is 36.8 Å². The second-order valence-corrected chi connectivity index (χ2v) is 6.11. The Bertz CT molecular complexity index is 950. The molecule has 1 heterocycles. The summed E-state index contributed by atoms with van der Waals surface area (Å²) in [6.45, 7) is 3.11. The van der Waals surface area contributed by atoms with E-state index in [0.717, 1.165) is 17.7 Å². The average Bonchev–Trinajstić information content (AvgIpc) is 3.07. The largest absolute Gasteiger partial charge is 0.493 e. The van der Waals surface area contributed by atoms with Crippen LogP contribution < -0.4 is 10.1 Å². The highest BCUT2D eigenvalue weighted by atomic mass is 19.1. The second kappa shape index (κ2) is 8.98. The fourth-order valence-corrected chi connectivity index (χ4v) is 2.64. The van der Waals surface area contributed by atoms with Crippen LogP contribution in [-0.2, 0) is 11.2 Å². The van der Waals surface area contributed by atoms with E-state index in [9.17, 15) is 9.18 Å². The van der Waals surface area contributed by atoms with Gasteiger partial charge in [-0.15, -0.1) is 0 Å². The van der Waals surface area contributed by atoms with Crippen LogP contribution in [0.1, 0.15) is 24.7 Å². The first-order valence-electron chi connectivity index (χ1n) is 8.97. The SMILES string of the molecule is CCCOc1ccccc1/C=C/C(=O)NCCc1nc2ccc(F)cc2[nH]1. The molecule has 3 aromatic rings. The van der Waals surface area contributed by atoms with Crippen molar-refractivity contribution >= 4 is 23.0 Å². The van der Waals surface area contributed by atoms with Gasteiger partial charge in [-0.1, -0.05) is 25.1 Å². The van der Waals surface area contributed by atoms with Gasteiger partial charge in [0.05, 0.1) is 17.6 Å². The summed E-state index contributed by atoms with van der Waals surface area (Å²) in [6, 6.07) is 12.0. The van der Waals surface area contributed by atoms with E-state index in [0.29, 0.717) is 36.4 Å². The lowest BCUT2D eigenvalue weighted by atomic mass is 10.2. The van der Waals surface area contributed by atoms with E-state index < -0.39 is 0 Å². The summed E-state index contributed by atoms with van der Waals surface area (Å²) in [4.78, 5) is 19.5. The van der Waals surface area contributed by atoms with Crippen LogP contribution in [0.2, 0.25) is 0 Å². The van der Waals surface area contributed by atoms with Gasteiger partial charge in [0, 0.05) is 24.6 Å². The summed E-state index contributed by atoms with van der Waals surface area (Å²) < 4.78 is 18.9. The maximum atomic E-state index is 13.2. The third kappa shape index (κ3) is 5.17. The van der Waals surface area contributed by atoms with Crippen LogP contribution in [0.25, 0.3) is 17.1 Å². The molecule has 2 aromatic carbocycles. The minimum atomic E-state index is -0.306. The maximum Gasteiger partial charge on any atom is 0.244 e. The molecule has 0 unspecified atom stereocenters. The number of hydrogen-bond acceptors (Lipinski definition) is 3. The molecule has 0 fully saturated rings. The second-order valence-electron chi connectivity index (χ2n) is 6.11. The maximum absolute atomic E-state index is 13.2. The van der Waals surface area contributed by atoms with Crippen LogP contribution in [0.5, 0.6) is 5.75 Å². The Morgan fingerprint density at radius 2 is 2.15 bits per heavy atom. The minimum Gasteiger partial charge on any atom is -0.493 e. The summed E-state index contributed by atoms with van der Waals surface area (Å²) in [5, 5.41) is 2.82. The molecule has 0 radical (unpaired) electrons. The average molecular weight is 367 g/mol. The zero-order chi connectivity index (χ0) is 19.1. The highest BCUT2D eigenvalue weighted by Gasteiger charge is 2.05. The number of hydrogen-bond donors (Lipinski definition) is 2. The van der Waals surface area contributed by atoms with Crippen molar-refractivity contribution in [1.82, 2.24) is 15.3 Å². The number of halogens is 1. The van der Waals surface area contributed by atoms with Crippen molar-refractivity contribution in [2.45, 2.75) is 19.8 Å². The molecule has 0 saturated carbocycles. The number of rotatable bonds is 8. The lowest BCUT2D eigenvalue weighted by molar-refractivity contribution is -0.116. The van der Waals surface area contributed by atoms with E-state index in [-0.39, 0.29) is 11.7 Å². The molecule has 27 heavy (non-hydrogen) atoms. The van der Waals surface area contributed by atoms with Crippen molar-refractivity contribution in [2.24, 2.45) is 0 Å². The van der Waals surface area contributed by atoms with E-state index in [4.69, 9.17) is 4.74 Å². The number of para-hydroxylation sites is 1. The number of benzene rings is 2. The van der Waals surface area contributed by atoms with Crippen molar-refractivity contribution < 1.29 is 13.9 Å². The molecule has 1 amide bonds. The topological polar surface area (TPSA) is 67.0 Å². The number of nitrogens with one attached hydrogen (secondary N) is 2. The molecule has 0 aliphatic carbocycles. The molecule has 6 heteroatoms. The summed E-state index contributed by atoms with van der Waals surface area (Å²) in [6.07, 6.45) is 4.69. The highest BCUT2D eigenvalue weighted by molar-refractivity contribution is 5.92. The standard InChI is InChI=1S/C21H22FN3O2/c1-2-13-27-19-6-4-3-5-15(19)7-10-21(26)23-12-11-20-24-17-9-8-16(22)14-18(17)25-20/h3-10,14H,2,11-13H2,1H3,(H,23,26)(H,24,25)/b10-7+. The van der Waals surface area contributed by atoms with Gasteiger partial charge < -0.3 is 15.0 Å². The van der Waals surface area contributed by atoms with Gasteiger partial charge in [0.1, 0.15) is 17.4 Å². The molecular formula is C21H22FN3O2. The molecule has 5 nitrogen and oxygen atoms in total. The number of carbonyl (C=O) groups excluding carboxylic acids is 1. The van der Waals surface area contributed by atoms with Crippen LogP contribution in [-0.4, -0.2) is 29.0 Å². The Morgan fingerprint density at radius 1 is 1.30 bits per heavy atom. The number of H-pyrrole nitrogens is 1. The zero-order valence-electron chi connectivity index (χ0n) is 15.2. The van der Waals surface area contributed by atoms with Crippen molar-refractivity contribution in [2.75, 3.05) is 13.2 Å². The third-order valence-corrected chi connectivity index (χ3v) is 3.95. The van der Waals surface area contributed by atoms with E-state index in [1.807, 2.05) is 31.2 Å². The van der Waals surface area contributed by atoms with Crippen LogP contribution in [0.15, 0.2) is 48.5 Å². The van der Waals surface area contributed by atoms with Crippen LogP contribution in [0, 0.1) is 5.82 Å². The van der Waals surface area contributed by atoms with Crippen molar-refractivity contribution in [3.8, 4) is 5.75 Å². The normalized spacial score (nSPS) is 11.2. The van der Waals surface area contributed by atoms with Crippen molar-refractivity contribution in [3.05, 3.63) is 65.7 Å². The number of imidazole rings is 1. The number of ether oxygens (including phenoxy) is 1. The predicted octanol–water partition coefficient (Wildman–Crippen LogP) is 3.86. The first-order chi connectivity index (χ1) is 13.2. The lowest BCUT2D eigenvalue weighted by Gasteiger charge is -2.07. The van der Waals surface area contributed by atoms with Gasteiger partial charge in [0.25, 0.3) is 0 Å². The van der Waals surface area contributed by atoms with Gasteiger partial charge in [0.2, 0.25) is 5.91 Å². The summed E-state index contributed by atoms with van der Waals surface area (Å²) in [5.74, 6) is 0.970. The van der Waals surface area contributed by atoms with E-state index in [1.54, 1.807) is 12.1 Å². The summed E-state index contributed by atoms with van der Waals surface area (Å²) in [5.41, 5.74) is 2.22. The number of amides is 1. The minimum absolute atomic E-state index is 0.192. The molecule has 0 bridgehead atoms. The highest BCUT2D eigenvalue weighted by Crippen LogP contribution is 2.19.